The predicted molar refractivity (Wildman–Crippen MR) is 128 cm³/mol. The molecule has 0 bridgehead atoms. The fourth-order valence-electron chi connectivity index (χ4n) is 4.74. The SMILES string of the molecule is Cc1cc(-n2c(C)cc(C(=O)CN3C(=O)NC(c4ccccc4)(c4ccccc4)C3=O)c2C)no1. The van der Waals surface area contributed by atoms with Gasteiger partial charge in [-0.3, -0.25) is 19.1 Å². The molecule has 3 heterocycles. The van der Waals surface area contributed by atoms with Crippen LogP contribution in [0.3, 0.4) is 0 Å². The minimum absolute atomic E-state index is 0.343. The van der Waals surface area contributed by atoms with E-state index in [2.05, 4.69) is 10.5 Å². The molecule has 1 aliphatic rings. The zero-order valence-electron chi connectivity index (χ0n) is 19.6. The first-order chi connectivity index (χ1) is 16.8. The van der Waals surface area contributed by atoms with Crippen LogP contribution in [-0.2, 0) is 10.3 Å². The maximum Gasteiger partial charge on any atom is 0.325 e. The zero-order chi connectivity index (χ0) is 24.7. The number of urea groups is 1. The Morgan fingerprint density at radius 1 is 0.943 bits per heavy atom. The van der Waals surface area contributed by atoms with Gasteiger partial charge < -0.3 is 9.84 Å². The quantitative estimate of drug-likeness (QED) is 0.340. The molecule has 1 N–H and O–H groups in total. The monoisotopic (exact) mass is 468 g/mol. The second-order valence-electron chi connectivity index (χ2n) is 8.64. The number of hydrogen-bond acceptors (Lipinski definition) is 5. The summed E-state index contributed by atoms with van der Waals surface area (Å²) >= 11 is 0. The van der Waals surface area contributed by atoms with Gasteiger partial charge >= 0.3 is 6.03 Å². The summed E-state index contributed by atoms with van der Waals surface area (Å²) in [6.07, 6.45) is 0. The molecule has 3 amide bonds. The molecule has 4 aromatic rings. The van der Waals surface area contributed by atoms with Crippen molar-refractivity contribution in [2.75, 3.05) is 6.54 Å². The fraction of sp³-hybridized carbons (Fsp3) is 0.185. The molecular weight excluding hydrogens is 444 g/mol. The summed E-state index contributed by atoms with van der Waals surface area (Å²) in [4.78, 5) is 41.3. The summed E-state index contributed by atoms with van der Waals surface area (Å²) < 4.78 is 6.99. The van der Waals surface area contributed by atoms with Crippen molar-refractivity contribution in [2.45, 2.75) is 26.3 Å². The number of nitrogens with one attached hydrogen (secondary N) is 1. The molecule has 0 unspecified atom stereocenters. The van der Waals surface area contributed by atoms with Gasteiger partial charge in [0.25, 0.3) is 5.91 Å². The van der Waals surface area contributed by atoms with Gasteiger partial charge in [0.2, 0.25) is 0 Å². The molecule has 1 fully saturated rings. The van der Waals surface area contributed by atoms with Crippen LogP contribution in [0.5, 0.6) is 0 Å². The molecule has 0 radical (unpaired) electrons. The van der Waals surface area contributed by atoms with E-state index in [1.165, 1.54) is 0 Å². The van der Waals surface area contributed by atoms with Crippen LogP contribution >= 0.6 is 0 Å². The van der Waals surface area contributed by atoms with Crippen molar-refractivity contribution in [3.63, 3.8) is 0 Å². The van der Waals surface area contributed by atoms with Gasteiger partial charge in [-0.05, 0) is 38.0 Å². The van der Waals surface area contributed by atoms with Crippen LogP contribution in [0.2, 0.25) is 0 Å². The molecule has 35 heavy (non-hydrogen) atoms. The Kier molecular flexibility index (Phi) is 5.36. The van der Waals surface area contributed by atoms with Gasteiger partial charge in [-0.25, -0.2) is 4.79 Å². The third-order valence-corrected chi connectivity index (χ3v) is 6.40. The van der Waals surface area contributed by atoms with Gasteiger partial charge in [0, 0.05) is 23.0 Å². The van der Waals surface area contributed by atoms with Crippen molar-refractivity contribution < 1.29 is 18.9 Å². The smallest absolute Gasteiger partial charge is 0.325 e. The largest absolute Gasteiger partial charge is 0.360 e. The number of nitrogens with zero attached hydrogens (tertiary/aromatic N) is 3. The van der Waals surface area contributed by atoms with Crippen molar-refractivity contribution in [2.24, 2.45) is 0 Å². The first-order valence-corrected chi connectivity index (χ1v) is 11.2. The summed E-state index contributed by atoms with van der Waals surface area (Å²) in [5.74, 6) is 0.385. The van der Waals surface area contributed by atoms with Crippen LogP contribution < -0.4 is 5.32 Å². The highest BCUT2D eigenvalue weighted by Crippen LogP contribution is 2.36. The van der Waals surface area contributed by atoms with Crippen molar-refractivity contribution in [1.29, 1.82) is 0 Å². The van der Waals surface area contributed by atoms with Crippen LogP contribution in [-0.4, -0.2) is 38.9 Å². The lowest BCUT2D eigenvalue weighted by atomic mass is 9.82. The van der Waals surface area contributed by atoms with E-state index in [1.807, 2.05) is 47.9 Å². The van der Waals surface area contributed by atoms with E-state index >= 15 is 0 Å². The third-order valence-electron chi connectivity index (χ3n) is 6.40. The predicted octanol–water partition coefficient (Wildman–Crippen LogP) is 4.07. The molecule has 8 nitrogen and oxygen atoms in total. The number of Topliss-reactive ketones (excluding diaryl/α,β-unsaturated/α-hetero) is 1. The highest BCUT2D eigenvalue weighted by Gasteiger charge is 2.54. The second kappa shape index (κ2) is 8.39. The highest BCUT2D eigenvalue weighted by atomic mass is 16.5. The summed E-state index contributed by atoms with van der Waals surface area (Å²) in [6, 6.07) is 21.0. The van der Waals surface area contributed by atoms with Crippen LogP contribution in [0.1, 0.15) is 38.6 Å². The van der Waals surface area contributed by atoms with Crippen molar-refractivity contribution in [1.82, 2.24) is 19.9 Å². The molecule has 2 aromatic heterocycles. The van der Waals surface area contributed by atoms with Gasteiger partial charge in [-0.2, -0.15) is 0 Å². The average Bonchev–Trinajstić information content (AvgIpc) is 3.49. The summed E-state index contributed by atoms with van der Waals surface area (Å²) in [5, 5.41) is 6.92. The third kappa shape index (κ3) is 3.54. The lowest BCUT2D eigenvalue weighted by molar-refractivity contribution is -0.129. The summed E-state index contributed by atoms with van der Waals surface area (Å²) in [6.45, 7) is 5.07. The Labute approximate surface area is 202 Å². The van der Waals surface area contributed by atoms with Crippen molar-refractivity contribution in [3.8, 4) is 5.82 Å². The van der Waals surface area contributed by atoms with E-state index in [0.29, 0.717) is 34.0 Å². The fourth-order valence-corrected chi connectivity index (χ4v) is 4.74. The van der Waals surface area contributed by atoms with E-state index < -0.39 is 17.5 Å². The number of carbonyl (C=O) groups excluding carboxylic acids is 3. The molecule has 0 aliphatic carbocycles. The Balaban J connectivity index is 1.50. The maximum absolute atomic E-state index is 13.8. The van der Waals surface area contributed by atoms with Crippen molar-refractivity contribution >= 4 is 17.7 Å². The lowest BCUT2D eigenvalue weighted by Crippen LogP contribution is -2.45. The lowest BCUT2D eigenvalue weighted by Gasteiger charge is -2.28. The second-order valence-corrected chi connectivity index (χ2v) is 8.64. The molecule has 2 aromatic carbocycles. The number of amides is 3. The molecule has 0 spiro atoms. The molecule has 5 rings (SSSR count). The number of rotatable bonds is 6. The van der Waals surface area contributed by atoms with Crippen molar-refractivity contribution in [3.05, 3.63) is 107 Å². The molecule has 0 atom stereocenters. The Morgan fingerprint density at radius 2 is 1.54 bits per heavy atom. The molecular formula is C27H24N4O4. The van der Waals surface area contributed by atoms with Crippen LogP contribution in [0, 0.1) is 20.8 Å². The number of benzene rings is 2. The number of ketones is 1. The normalized spacial score (nSPS) is 14.9. The number of aromatic nitrogens is 2. The number of imide groups is 1. The average molecular weight is 469 g/mol. The molecule has 1 aliphatic heterocycles. The first-order valence-electron chi connectivity index (χ1n) is 11.2. The minimum Gasteiger partial charge on any atom is -0.360 e. The number of carbonyl (C=O) groups is 3. The topological polar surface area (TPSA) is 97.4 Å². The van der Waals surface area contributed by atoms with Gasteiger partial charge in [0.15, 0.2) is 17.1 Å². The molecule has 176 valence electrons. The molecule has 0 saturated carbocycles. The van der Waals surface area contributed by atoms with Gasteiger partial charge in [0.1, 0.15) is 5.76 Å². The summed E-state index contributed by atoms with van der Waals surface area (Å²) in [7, 11) is 0. The Bertz CT molecular complexity index is 1400. The van der Waals surface area contributed by atoms with E-state index in [-0.39, 0.29) is 12.3 Å². The van der Waals surface area contributed by atoms with E-state index in [9.17, 15) is 14.4 Å². The van der Waals surface area contributed by atoms with E-state index in [4.69, 9.17) is 4.52 Å². The van der Waals surface area contributed by atoms with Crippen LogP contribution in [0.25, 0.3) is 5.82 Å². The van der Waals surface area contributed by atoms with Gasteiger partial charge in [-0.15, -0.1) is 0 Å². The van der Waals surface area contributed by atoms with Crippen LogP contribution in [0.15, 0.2) is 77.3 Å². The van der Waals surface area contributed by atoms with Crippen LogP contribution in [0.4, 0.5) is 4.79 Å². The Hall–Kier alpha value is -4.46. The summed E-state index contributed by atoms with van der Waals surface area (Å²) in [5.41, 5.74) is 1.71. The highest BCUT2D eigenvalue weighted by molar-refractivity contribution is 6.13. The first kappa shape index (κ1) is 22.3. The minimum atomic E-state index is -1.41. The molecule has 1 saturated heterocycles. The zero-order valence-corrected chi connectivity index (χ0v) is 19.6. The maximum atomic E-state index is 13.8. The van der Waals surface area contributed by atoms with Gasteiger partial charge in [0.05, 0.1) is 6.54 Å². The van der Waals surface area contributed by atoms with Gasteiger partial charge in [-0.1, -0.05) is 65.8 Å². The Morgan fingerprint density at radius 3 is 2.09 bits per heavy atom. The van der Waals surface area contributed by atoms with E-state index in [0.717, 1.165) is 10.6 Å². The standard InChI is InChI=1S/C27H24N4O4/c1-17-14-22(19(3)31(17)24-15-18(2)35-29-24)23(32)16-30-25(33)27(28-26(30)34,20-10-6-4-7-11-20)21-12-8-5-9-13-21/h4-15H,16H2,1-3H3,(H,28,34). The number of aryl methyl sites for hydroxylation is 2. The van der Waals surface area contributed by atoms with E-state index in [1.54, 1.807) is 50.2 Å². The molecule has 8 heteroatoms. The number of hydrogen-bond donors (Lipinski definition) is 1.